The lowest BCUT2D eigenvalue weighted by atomic mass is 10.0. The van der Waals surface area contributed by atoms with E-state index in [2.05, 4.69) is 21.9 Å². The van der Waals surface area contributed by atoms with Crippen molar-refractivity contribution in [3.63, 3.8) is 0 Å². The Kier molecular flexibility index (Phi) is 8.23. The highest BCUT2D eigenvalue weighted by Crippen LogP contribution is 2.18. The summed E-state index contributed by atoms with van der Waals surface area (Å²) in [6, 6.07) is 14.8. The third-order valence-corrected chi connectivity index (χ3v) is 7.44. The van der Waals surface area contributed by atoms with E-state index in [9.17, 15) is 13.2 Å². The van der Waals surface area contributed by atoms with E-state index in [4.69, 9.17) is 0 Å². The third-order valence-electron chi connectivity index (χ3n) is 5.90. The molecule has 1 fully saturated rings. The average Bonchev–Trinajstić information content (AvgIpc) is 2.77. The van der Waals surface area contributed by atoms with Crippen LogP contribution in [0.1, 0.15) is 54.1 Å². The quantitative estimate of drug-likeness (QED) is 0.582. The molecule has 1 aliphatic rings. The number of aryl methyl sites for hydroxylation is 1. The first-order valence-electron chi connectivity index (χ1n) is 11.0. The molecule has 168 valence electrons. The number of likely N-dealkylation sites (tertiary alicyclic amines) is 1. The van der Waals surface area contributed by atoms with Gasteiger partial charge in [-0.05, 0) is 62.9 Å². The summed E-state index contributed by atoms with van der Waals surface area (Å²) in [5.41, 5.74) is 1.84. The first kappa shape index (κ1) is 23.4. The molecular formula is C24H33N3O3S. The number of sulfonamides is 1. The molecule has 2 N–H and O–H groups in total. The lowest BCUT2D eigenvalue weighted by molar-refractivity contribution is 0.0948. The van der Waals surface area contributed by atoms with Crippen molar-refractivity contribution in [2.24, 2.45) is 0 Å². The van der Waals surface area contributed by atoms with Gasteiger partial charge in [0, 0.05) is 31.2 Å². The maximum Gasteiger partial charge on any atom is 0.251 e. The standard InChI is InChI=1S/C24H33N3O3S/c1-19-12-13-22(24(28)25-14-8-16-27-15-7-6-9-20(27)2)17-23(19)31(29,30)26-18-21-10-4-3-5-11-21/h3-5,10-13,17,20,26H,6-9,14-16,18H2,1-2H3,(H,25,28). The van der Waals surface area contributed by atoms with Crippen molar-refractivity contribution in [1.82, 2.24) is 14.9 Å². The molecule has 7 heteroatoms. The SMILES string of the molecule is Cc1ccc(C(=O)NCCCN2CCCCC2C)cc1S(=O)(=O)NCc1ccccc1. The number of benzene rings is 2. The van der Waals surface area contributed by atoms with Crippen molar-refractivity contribution in [3.8, 4) is 0 Å². The molecule has 3 rings (SSSR count). The molecule has 0 radical (unpaired) electrons. The number of carbonyl (C=O) groups is 1. The van der Waals surface area contributed by atoms with Gasteiger partial charge in [-0.25, -0.2) is 13.1 Å². The number of nitrogens with one attached hydrogen (secondary N) is 2. The van der Waals surface area contributed by atoms with E-state index < -0.39 is 10.0 Å². The highest BCUT2D eigenvalue weighted by Gasteiger charge is 2.20. The molecule has 2 aromatic carbocycles. The fraction of sp³-hybridized carbons (Fsp3) is 0.458. The summed E-state index contributed by atoms with van der Waals surface area (Å²) >= 11 is 0. The molecule has 1 aliphatic heterocycles. The Hall–Kier alpha value is -2.22. The summed E-state index contributed by atoms with van der Waals surface area (Å²) in [4.78, 5) is 15.2. The smallest absolute Gasteiger partial charge is 0.251 e. The second-order valence-electron chi connectivity index (χ2n) is 8.28. The van der Waals surface area contributed by atoms with Crippen LogP contribution in [0.5, 0.6) is 0 Å². The maximum absolute atomic E-state index is 12.8. The van der Waals surface area contributed by atoms with Crippen molar-refractivity contribution in [3.05, 3.63) is 65.2 Å². The molecule has 0 saturated carbocycles. The minimum absolute atomic E-state index is 0.137. The van der Waals surface area contributed by atoms with Crippen LogP contribution in [-0.2, 0) is 16.6 Å². The van der Waals surface area contributed by atoms with Crippen LogP contribution in [0.25, 0.3) is 0 Å². The molecule has 0 aliphatic carbocycles. The Balaban J connectivity index is 1.57. The van der Waals surface area contributed by atoms with Gasteiger partial charge in [-0.3, -0.25) is 4.79 Å². The van der Waals surface area contributed by atoms with Gasteiger partial charge in [0.25, 0.3) is 5.91 Å². The van der Waals surface area contributed by atoms with E-state index in [-0.39, 0.29) is 17.3 Å². The molecule has 1 unspecified atom stereocenters. The maximum atomic E-state index is 12.8. The first-order chi connectivity index (χ1) is 14.9. The van der Waals surface area contributed by atoms with Crippen LogP contribution in [0.15, 0.2) is 53.4 Å². The van der Waals surface area contributed by atoms with Crippen molar-refractivity contribution >= 4 is 15.9 Å². The Bertz CT molecular complexity index is 977. The topological polar surface area (TPSA) is 78.5 Å². The van der Waals surface area contributed by atoms with Gasteiger partial charge in [0.1, 0.15) is 0 Å². The zero-order valence-corrected chi connectivity index (χ0v) is 19.2. The molecule has 1 amide bonds. The predicted molar refractivity (Wildman–Crippen MR) is 123 cm³/mol. The number of hydrogen-bond donors (Lipinski definition) is 2. The molecule has 1 atom stereocenters. The largest absolute Gasteiger partial charge is 0.352 e. The van der Waals surface area contributed by atoms with Crippen LogP contribution in [0, 0.1) is 6.92 Å². The van der Waals surface area contributed by atoms with Gasteiger partial charge < -0.3 is 10.2 Å². The van der Waals surface area contributed by atoms with Gasteiger partial charge in [0.2, 0.25) is 10.0 Å². The Labute approximate surface area is 186 Å². The summed E-state index contributed by atoms with van der Waals surface area (Å²) in [7, 11) is -3.73. The normalized spacial score (nSPS) is 17.4. The third kappa shape index (κ3) is 6.63. The number of piperidine rings is 1. The predicted octanol–water partition coefficient (Wildman–Crippen LogP) is 3.47. The molecule has 2 aromatic rings. The minimum atomic E-state index is -3.73. The van der Waals surface area contributed by atoms with E-state index in [1.165, 1.54) is 25.3 Å². The fourth-order valence-electron chi connectivity index (χ4n) is 3.96. The van der Waals surface area contributed by atoms with E-state index in [1.54, 1.807) is 19.1 Å². The summed E-state index contributed by atoms with van der Waals surface area (Å²) in [6.07, 6.45) is 4.67. The molecule has 0 spiro atoms. The second-order valence-corrected chi connectivity index (χ2v) is 10.0. The van der Waals surface area contributed by atoms with Gasteiger partial charge in [-0.1, -0.05) is 42.8 Å². The number of nitrogens with zero attached hydrogens (tertiary/aromatic N) is 1. The van der Waals surface area contributed by atoms with E-state index in [0.29, 0.717) is 23.7 Å². The zero-order valence-electron chi connectivity index (χ0n) is 18.4. The van der Waals surface area contributed by atoms with Crippen molar-refractivity contribution in [1.29, 1.82) is 0 Å². The molecule has 0 bridgehead atoms. The lowest BCUT2D eigenvalue weighted by Crippen LogP contribution is -2.39. The van der Waals surface area contributed by atoms with Crippen molar-refractivity contribution in [2.45, 2.75) is 57.0 Å². The van der Waals surface area contributed by atoms with E-state index in [1.807, 2.05) is 30.3 Å². The Morgan fingerprint density at radius 2 is 1.90 bits per heavy atom. The Morgan fingerprint density at radius 3 is 2.65 bits per heavy atom. The summed E-state index contributed by atoms with van der Waals surface area (Å²) < 4.78 is 28.3. The summed E-state index contributed by atoms with van der Waals surface area (Å²) in [5.74, 6) is -0.244. The van der Waals surface area contributed by atoms with Gasteiger partial charge in [-0.15, -0.1) is 0 Å². The molecule has 0 aromatic heterocycles. The van der Waals surface area contributed by atoms with E-state index >= 15 is 0 Å². The number of rotatable bonds is 9. The molecule has 1 saturated heterocycles. The van der Waals surface area contributed by atoms with Crippen molar-refractivity contribution < 1.29 is 13.2 Å². The number of hydrogen-bond acceptors (Lipinski definition) is 4. The number of carbonyl (C=O) groups excluding carboxylic acids is 1. The lowest BCUT2D eigenvalue weighted by Gasteiger charge is -2.33. The summed E-state index contributed by atoms with van der Waals surface area (Å²) in [6.45, 7) is 6.87. The van der Waals surface area contributed by atoms with Crippen LogP contribution in [0.3, 0.4) is 0 Å². The molecule has 31 heavy (non-hydrogen) atoms. The Morgan fingerprint density at radius 1 is 1.13 bits per heavy atom. The highest BCUT2D eigenvalue weighted by atomic mass is 32.2. The second kappa shape index (κ2) is 10.9. The van der Waals surface area contributed by atoms with Crippen LogP contribution < -0.4 is 10.0 Å². The van der Waals surface area contributed by atoms with Crippen LogP contribution in [0.4, 0.5) is 0 Å². The van der Waals surface area contributed by atoms with Gasteiger partial charge in [-0.2, -0.15) is 0 Å². The van der Waals surface area contributed by atoms with Gasteiger partial charge in [0.15, 0.2) is 0 Å². The average molecular weight is 444 g/mol. The minimum Gasteiger partial charge on any atom is -0.352 e. The monoisotopic (exact) mass is 443 g/mol. The van der Waals surface area contributed by atoms with Gasteiger partial charge in [0.05, 0.1) is 4.90 Å². The van der Waals surface area contributed by atoms with Crippen LogP contribution in [0.2, 0.25) is 0 Å². The van der Waals surface area contributed by atoms with Gasteiger partial charge >= 0.3 is 0 Å². The molecular weight excluding hydrogens is 410 g/mol. The van der Waals surface area contributed by atoms with Crippen molar-refractivity contribution in [2.75, 3.05) is 19.6 Å². The highest BCUT2D eigenvalue weighted by molar-refractivity contribution is 7.89. The van der Waals surface area contributed by atoms with E-state index in [0.717, 1.165) is 25.1 Å². The van der Waals surface area contributed by atoms with Crippen LogP contribution in [-0.4, -0.2) is 44.9 Å². The number of amides is 1. The zero-order chi connectivity index (χ0) is 22.3. The summed E-state index contributed by atoms with van der Waals surface area (Å²) in [5, 5.41) is 2.93. The van der Waals surface area contributed by atoms with Crippen LogP contribution >= 0.6 is 0 Å². The molecule has 1 heterocycles. The first-order valence-corrected chi connectivity index (χ1v) is 12.5. The fourth-order valence-corrected chi connectivity index (χ4v) is 5.24. The molecule has 6 nitrogen and oxygen atoms in total.